The summed E-state index contributed by atoms with van der Waals surface area (Å²) in [4.78, 5) is 15.5. The predicted octanol–water partition coefficient (Wildman–Crippen LogP) is -0.787. The second-order valence-electron chi connectivity index (χ2n) is 3.23. The quantitative estimate of drug-likeness (QED) is 0.667. The van der Waals surface area contributed by atoms with Crippen molar-refractivity contribution < 1.29 is 10.2 Å². The molecule has 0 spiro atoms. The van der Waals surface area contributed by atoms with Gasteiger partial charge >= 0.3 is 0 Å². The van der Waals surface area contributed by atoms with Crippen LogP contribution in [0.15, 0.2) is 10.9 Å². The zero-order valence-corrected chi connectivity index (χ0v) is 8.27. The van der Waals surface area contributed by atoms with Crippen LogP contribution in [-0.2, 0) is 6.54 Å². The maximum Gasteiger partial charge on any atom is 0.253 e. The van der Waals surface area contributed by atoms with Gasteiger partial charge in [-0.3, -0.25) is 9.36 Å². The SMILES string of the molecule is Cc1cc(=O)n(CC(O)CO)c(C)n1. The van der Waals surface area contributed by atoms with E-state index in [4.69, 9.17) is 5.11 Å². The summed E-state index contributed by atoms with van der Waals surface area (Å²) in [6.07, 6.45) is -0.920. The van der Waals surface area contributed by atoms with Crippen molar-refractivity contribution in [1.82, 2.24) is 9.55 Å². The maximum absolute atomic E-state index is 11.4. The minimum Gasteiger partial charge on any atom is -0.394 e. The third kappa shape index (κ3) is 2.40. The van der Waals surface area contributed by atoms with Crippen molar-refractivity contribution in [3.05, 3.63) is 27.9 Å². The highest BCUT2D eigenvalue weighted by molar-refractivity contribution is 5.01. The topological polar surface area (TPSA) is 75.4 Å². The van der Waals surface area contributed by atoms with Crippen LogP contribution in [0.2, 0.25) is 0 Å². The molecule has 0 fully saturated rings. The fourth-order valence-corrected chi connectivity index (χ4v) is 1.25. The molecule has 0 aliphatic rings. The van der Waals surface area contributed by atoms with Crippen LogP contribution < -0.4 is 5.56 Å². The summed E-state index contributed by atoms with van der Waals surface area (Å²) in [6, 6.07) is 1.40. The van der Waals surface area contributed by atoms with E-state index in [1.807, 2.05) is 0 Å². The summed E-state index contributed by atoms with van der Waals surface area (Å²) in [6.45, 7) is 3.15. The molecule has 5 heteroatoms. The van der Waals surface area contributed by atoms with E-state index >= 15 is 0 Å². The number of aryl methyl sites for hydroxylation is 2. The molecule has 0 saturated heterocycles. The Morgan fingerprint density at radius 1 is 1.57 bits per heavy atom. The Hall–Kier alpha value is -1.20. The van der Waals surface area contributed by atoms with Crippen molar-refractivity contribution in [2.24, 2.45) is 0 Å². The number of aliphatic hydroxyl groups is 2. The molecule has 1 atom stereocenters. The molecule has 0 aliphatic carbocycles. The molecular weight excluding hydrogens is 184 g/mol. The van der Waals surface area contributed by atoms with Gasteiger partial charge < -0.3 is 10.2 Å². The summed E-state index contributed by atoms with van der Waals surface area (Å²) in [5.41, 5.74) is 0.449. The lowest BCUT2D eigenvalue weighted by Crippen LogP contribution is -2.30. The van der Waals surface area contributed by atoms with Gasteiger partial charge in [-0.15, -0.1) is 0 Å². The van der Waals surface area contributed by atoms with Gasteiger partial charge in [0.1, 0.15) is 5.82 Å². The Morgan fingerprint density at radius 2 is 2.21 bits per heavy atom. The molecule has 0 bridgehead atoms. The van der Waals surface area contributed by atoms with Gasteiger partial charge in [-0.05, 0) is 13.8 Å². The Bertz CT molecular complexity index is 373. The largest absolute Gasteiger partial charge is 0.394 e. The number of rotatable bonds is 3. The summed E-state index contributed by atoms with van der Waals surface area (Å²) in [5, 5.41) is 17.8. The Morgan fingerprint density at radius 3 is 2.71 bits per heavy atom. The molecule has 0 aliphatic heterocycles. The Kier molecular flexibility index (Phi) is 3.38. The smallest absolute Gasteiger partial charge is 0.253 e. The molecule has 1 aromatic heterocycles. The molecule has 1 heterocycles. The normalized spacial score (nSPS) is 12.9. The third-order valence-electron chi connectivity index (χ3n) is 1.93. The van der Waals surface area contributed by atoms with Crippen LogP contribution in [0.5, 0.6) is 0 Å². The molecule has 14 heavy (non-hydrogen) atoms. The molecule has 0 radical (unpaired) electrons. The van der Waals surface area contributed by atoms with E-state index in [0.717, 1.165) is 0 Å². The molecule has 78 valence electrons. The van der Waals surface area contributed by atoms with Crippen LogP contribution in [0.25, 0.3) is 0 Å². The van der Waals surface area contributed by atoms with E-state index in [0.29, 0.717) is 11.5 Å². The van der Waals surface area contributed by atoms with Gasteiger partial charge in [-0.2, -0.15) is 0 Å². The van der Waals surface area contributed by atoms with Gasteiger partial charge in [0.05, 0.1) is 19.3 Å². The fraction of sp³-hybridized carbons (Fsp3) is 0.556. The molecule has 1 aromatic rings. The van der Waals surface area contributed by atoms with Crippen molar-refractivity contribution in [3.8, 4) is 0 Å². The standard InChI is InChI=1S/C9H14N2O3/c1-6-3-9(14)11(7(2)10-6)4-8(13)5-12/h3,8,12-13H,4-5H2,1-2H3. The molecule has 0 aromatic carbocycles. The van der Waals surface area contributed by atoms with Crippen LogP contribution in [-0.4, -0.2) is 32.5 Å². The minimum atomic E-state index is -0.920. The van der Waals surface area contributed by atoms with Gasteiger partial charge in [-0.1, -0.05) is 0 Å². The lowest BCUT2D eigenvalue weighted by Gasteiger charge is -2.12. The van der Waals surface area contributed by atoms with Crippen LogP contribution in [0.4, 0.5) is 0 Å². The molecule has 2 N–H and O–H groups in total. The van der Waals surface area contributed by atoms with Crippen molar-refractivity contribution in [2.45, 2.75) is 26.5 Å². The van der Waals surface area contributed by atoms with Gasteiger partial charge in [0.25, 0.3) is 5.56 Å². The third-order valence-corrected chi connectivity index (χ3v) is 1.93. The van der Waals surface area contributed by atoms with E-state index in [2.05, 4.69) is 4.98 Å². The summed E-state index contributed by atoms with van der Waals surface area (Å²) in [7, 11) is 0. The molecule has 1 unspecified atom stereocenters. The van der Waals surface area contributed by atoms with Gasteiger partial charge in [-0.25, -0.2) is 4.98 Å². The first-order valence-electron chi connectivity index (χ1n) is 4.38. The maximum atomic E-state index is 11.4. The van der Waals surface area contributed by atoms with Gasteiger partial charge in [0.2, 0.25) is 0 Å². The lowest BCUT2D eigenvalue weighted by molar-refractivity contribution is 0.0795. The number of aliphatic hydroxyl groups excluding tert-OH is 2. The van der Waals surface area contributed by atoms with Crippen LogP contribution in [0.3, 0.4) is 0 Å². The monoisotopic (exact) mass is 198 g/mol. The highest BCUT2D eigenvalue weighted by atomic mass is 16.3. The highest BCUT2D eigenvalue weighted by Crippen LogP contribution is 1.95. The average Bonchev–Trinajstić information content (AvgIpc) is 2.10. The average molecular weight is 198 g/mol. The van der Waals surface area contributed by atoms with E-state index < -0.39 is 6.10 Å². The van der Waals surface area contributed by atoms with Crippen molar-refractivity contribution in [3.63, 3.8) is 0 Å². The van der Waals surface area contributed by atoms with E-state index in [-0.39, 0.29) is 18.7 Å². The second-order valence-corrected chi connectivity index (χ2v) is 3.23. The Labute approximate surface area is 81.7 Å². The first kappa shape index (κ1) is 10.9. The first-order valence-corrected chi connectivity index (χ1v) is 4.38. The molecule has 5 nitrogen and oxygen atoms in total. The first-order chi connectivity index (χ1) is 6.54. The summed E-state index contributed by atoms with van der Waals surface area (Å²) < 4.78 is 1.34. The molecule has 0 amide bonds. The molecule has 0 saturated carbocycles. The second kappa shape index (κ2) is 4.34. The number of nitrogens with zero attached hydrogens (tertiary/aromatic N) is 2. The van der Waals surface area contributed by atoms with E-state index in [1.165, 1.54) is 10.6 Å². The Balaban J connectivity index is 3.03. The lowest BCUT2D eigenvalue weighted by atomic mass is 10.3. The highest BCUT2D eigenvalue weighted by Gasteiger charge is 2.08. The van der Waals surface area contributed by atoms with E-state index in [1.54, 1.807) is 13.8 Å². The van der Waals surface area contributed by atoms with Crippen LogP contribution >= 0.6 is 0 Å². The zero-order chi connectivity index (χ0) is 10.7. The van der Waals surface area contributed by atoms with E-state index in [9.17, 15) is 9.90 Å². The number of hydrogen-bond donors (Lipinski definition) is 2. The van der Waals surface area contributed by atoms with Gasteiger partial charge in [0.15, 0.2) is 0 Å². The van der Waals surface area contributed by atoms with Crippen LogP contribution in [0.1, 0.15) is 11.5 Å². The predicted molar refractivity (Wildman–Crippen MR) is 51.1 cm³/mol. The molecule has 1 rings (SSSR count). The summed E-state index contributed by atoms with van der Waals surface area (Å²) in [5.74, 6) is 0.544. The number of hydrogen-bond acceptors (Lipinski definition) is 4. The van der Waals surface area contributed by atoms with Gasteiger partial charge in [0, 0.05) is 11.8 Å². The fourth-order valence-electron chi connectivity index (χ4n) is 1.25. The number of aromatic nitrogens is 2. The van der Waals surface area contributed by atoms with Crippen LogP contribution in [0, 0.1) is 13.8 Å². The van der Waals surface area contributed by atoms with Crippen molar-refractivity contribution in [1.29, 1.82) is 0 Å². The minimum absolute atomic E-state index is 0.0778. The van der Waals surface area contributed by atoms with Crippen molar-refractivity contribution >= 4 is 0 Å². The molecular formula is C9H14N2O3. The summed E-state index contributed by atoms with van der Waals surface area (Å²) >= 11 is 0. The van der Waals surface area contributed by atoms with Crippen molar-refractivity contribution in [2.75, 3.05) is 6.61 Å². The zero-order valence-electron chi connectivity index (χ0n) is 8.27.